The van der Waals surface area contributed by atoms with E-state index in [4.69, 9.17) is 15.7 Å². The van der Waals surface area contributed by atoms with E-state index in [1.165, 1.54) is 0 Å². The molecule has 0 saturated carbocycles. The molecular formula is C7H10N4O3S2. The van der Waals surface area contributed by atoms with E-state index in [0.29, 0.717) is 6.61 Å². The van der Waals surface area contributed by atoms with Gasteiger partial charge in [0.2, 0.25) is 11.5 Å². The molecule has 0 bridgehead atoms. The molecule has 3 N–H and O–H groups in total. The summed E-state index contributed by atoms with van der Waals surface area (Å²) < 4.78 is 3.74. The number of carboxylic acid groups (broad SMARTS) is 1. The van der Waals surface area contributed by atoms with Gasteiger partial charge in [0.1, 0.15) is 6.61 Å². The number of carbonyl (C=O) groups is 1. The average Bonchev–Trinajstić information content (AvgIpc) is 2.64. The Bertz CT molecular complexity index is 393. The summed E-state index contributed by atoms with van der Waals surface area (Å²) in [7, 11) is 0. The highest BCUT2D eigenvalue weighted by Crippen LogP contribution is 2.07. The molecule has 16 heavy (non-hydrogen) atoms. The number of nitrogen functional groups attached to an aromatic ring is 1. The topological polar surface area (TPSA) is 111 Å². The second kappa shape index (κ2) is 6.28. The Morgan fingerprint density at radius 2 is 2.50 bits per heavy atom. The van der Waals surface area contributed by atoms with Gasteiger partial charge in [-0.3, -0.25) is 0 Å². The van der Waals surface area contributed by atoms with Gasteiger partial charge in [-0.2, -0.15) is 21.1 Å². The molecule has 0 aliphatic heterocycles. The van der Waals surface area contributed by atoms with Gasteiger partial charge in [0.15, 0.2) is 5.13 Å². The predicted molar refractivity (Wildman–Crippen MR) is 62.8 cm³/mol. The number of nitrogens with two attached hydrogens (primary N) is 1. The molecule has 1 aromatic heterocycles. The van der Waals surface area contributed by atoms with Crippen molar-refractivity contribution in [2.75, 3.05) is 24.3 Å². The number of hydrogen-bond donors (Lipinski definition) is 2. The number of anilines is 1. The lowest BCUT2D eigenvalue weighted by atomic mass is 10.4. The Morgan fingerprint density at radius 3 is 3.00 bits per heavy atom. The molecule has 0 amide bonds. The van der Waals surface area contributed by atoms with Crippen molar-refractivity contribution in [1.82, 2.24) is 9.36 Å². The fourth-order valence-electron chi connectivity index (χ4n) is 0.738. The molecule has 88 valence electrons. The number of aliphatic carboxylic acids is 1. The quantitative estimate of drug-likeness (QED) is 0.430. The van der Waals surface area contributed by atoms with Crippen LogP contribution in [0.1, 0.15) is 5.82 Å². The van der Waals surface area contributed by atoms with E-state index in [9.17, 15) is 4.79 Å². The first-order valence-corrected chi connectivity index (χ1v) is 6.33. The summed E-state index contributed by atoms with van der Waals surface area (Å²) in [6, 6.07) is 0. The van der Waals surface area contributed by atoms with Crippen LogP contribution >= 0.6 is 23.3 Å². The van der Waals surface area contributed by atoms with Crippen molar-refractivity contribution in [3.8, 4) is 0 Å². The minimum atomic E-state index is -1.25. The molecular weight excluding hydrogens is 252 g/mol. The van der Waals surface area contributed by atoms with E-state index in [1.807, 2.05) is 6.26 Å². The van der Waals surface area contributed by atoms with Gasteiger partial charge in [-0.05, 0) is 6.26 Å². The number of oxime groups is 1. The predicted octanol–water partition coefficient (Wildman–Crippen LogP) is 0.289. The molecule has 0 spiro atoms. The highest BCUT2D eigenvalue weighted by atomic mass is 32.2. The van der Waals surface area contributed by atoms with Crippen molar-refractivity contribution in [3.63, 3.8) is 0 Å². The fourth-order valence-corrected chi connectivity index (χ4v) is 1.41. The number of aromatic nitrogens is 2. The lowest BCUT2D eigenvalue weighted by Gasteiger charge is -1.98. The fraction of sp³-hybridized carbons (Fsp3) is 0.429. The molecule has 0 aromatic carbocycles. The van der Waals surface area contributed by atoms with Crippen LogP contribution in [0, 0.1) is 0 Å². The van der Waals surface area contributed by atoms with Gasteiger partial charge in [0.25, 0.3) is 0 Å². The first-order valence-electron chi connectivity index (χ1n) is 4.17. The number of thioether (sulfide) groups is 1. The minimum absolute atomic E-state index is 0.0286. The molecule has 7 nitrogen and oxygen atoms in total. The zero-order chi connectivity index (χ0) is 12.0. The SMILES string of the molecule is CSCCO/N=C(/C(=O)O)c1nsc(N)n1. The summed E-state index contributed by atoms with van der Waals surface area (Å²) in [6.45, 7) is 0.331. The average molecular weight is 262 g/mol. The highest BCUT2D eigenvalue weighted by Gasteiger charge is 2.18. The molecule has 0 unspecified atom stereocenters. The van der Waals surface area contributed by atoms with Crippen LogP contribution in [0.15, 0.2) is 5.16 Å². The molecule has 0 radical (unpaired) electrons. The number of carboxylic acids is 1. The molecule has 1 rings (SSSR count). The molecule has 9 heteroatoms. The van der Waals surface area contributed by atoms with Gasteiger partial charge in [-0.1, -0.05) is 5.16 Å². The Morgan fingerprint density at radius 1 is 1.75 bits per heavy atom. The smallest absolute Gasteiger partial charge is 0.362 e. The van der Waals surface area contributed by atoms with E-state index in [-0.39, 0.29) is 16.7 Å². The van der Waals surface area contributed by atoms with E-state index >= 15 is 0 Å². The van der Waals surface area contributed by atoms with Crippen molar-refractivity contribution in [2.45, 2.75) is 0 Å². The number of nitrogens with zero attached hydrogens (tertiary/aromatic N) is 3. The second-order valence-electron chi connectivity index (χ2n) is 2.53. The summed E-state index contributed by atoms with van der Waals surface area (Å²) in [5.74, 6) is -0.552. The summed E-state index contributed by atoms with van der Waals surface area (Å²) in [6.07, 6.45) is 1.91. The monoisotopic (exact) mass is 262 g/mol. The van der Waals surface area contributed by atoms with Crippen molar-refractivity contribution in [1.29, 1.82) is 0 Å². The van der Waals surface area contributed by atoms with E-state index in [1.54, 1.807) is 11.8 Å². The van der Waals surface area contributed by atoms with Gasteiger partial charge >= 0.3 is 5.97 Å². The van der Waals surface area contributed by atoms with Gasteiger partial charge in [0.05, 0.1) is 0 Å². The molecule has 0 aliphatic carbocycles. The standard InChI is InChI=1S/C7H10N4O3S2/c1-15-3-2-14-10-4(6(12)13)5-9-7(8)16-11-5/h2-3H2,1H3,(H,12,13)(H2,8,9,11)/b10-4+. The molecule has 0 saturated heterocycles. The van der Waals surface area contributed by atoms with Crippen LogP contribution in [-0.2, 0) is 9.63 Å². The van der Waals surface area contributed by atoms with E-state index in [0.717, 1.165) is 17.3 Å². The molecule has 0 atom stereocenters. The zero-order valence-electron chi connectivity index (χ0n) is 8.41. The zero-order valence-corrected chi connectivity index (χ0v) is 10.0. The van der Waals surface area contributed by atoms with E-state index < -0.39 is 5.97 Å². The van der Waals surface area contributed by atoms with Crippen LogP contribution in [0.3, 0.4) is 0 Å². The third kappa shape index (κ3) is 3.66. The molecule has 1 aromatic rings. The minimum Gasteiger partial charge on any atom is -0.476 e. The first kappa shape index (κ1) is 12.7. The molecule has 0 aliphatic rings. The maximum absolute atomic E-state index is 10.8. The van der Waals surface area contributed by atoms with Crippen molar-refractivity contribution < 1.29 is 14.7 Å². The van der Waals surface area contributed by atoms with Crippen LogP contribution in [-0.4, -0.2) is 44.8 Å². The Hall–Kier alpha value is -1.35. The van der Waals surface area contributed by atoms with Crippen LogP contribution < -0.4 is 5.73 Å². The lowest BCUT2D eigenvalue weighted by molar-refractivity contribution is -0.129. The van der Waals surface area contributed by atoms with Gasteiger partial charge in [0, 0.05) is 17.3 Å². The Balaban J connectivity index is 2.71. The third-order valence-corrected chi connectivity index (χ3v) is 2.51. The van der Waals surface area contributed by atoms with Crippen LogP contribution in [0.4, 0.5) is 5.13 Å². The third-order valence-electron chi connectivity index (χ3n) is 1.39. The molecule has 0 fully saturated rings. The first-order chi connectivity index (χ1) is 7.65. The van der Waals surface area contributed by atoms with Gasteiger partial charge in [-0.15, -0.1) is 0 Å². The van der Waals surface area contributed by atoms with Crippen molar-refractivity contribution >= 4 is 40.1 Å². The normalized spacial score (nSPS) is 11.4. The largest absolute Gasteiger partial charge is 0.476 e. The summed E-state index contributed by atoms with van der Waals surface area (Å²) in [4.78, 5) is 19.4. The lowest BCUT2D eigenvalue weighted by Crippen LogP contribution is -2.17. The molecule has 1 heterocycles. The van der Waals surface area contributed by atoms with Crippen LogP contribution in [0.2, 0.25) is 0 Å². The van der Waals surface area contributed by atoms with Crippen molar-refractivity contribution in [3.05, 3.63) is 5.82 Å². The summed E-state index contributed by atoms with van der Waals surface area (Å²) in [5.41, 5.74) is 5.01. The van der Waals surface area contributed by atoms with Gasteiger partial charge in [-0.25, -0.2) is 4.79 Å². The van der Waals surface area contributed by atoms with Crippen LogP contribution in [0.5, 0.6) is 0 Å². The maximum atomic E-state index is 10.8. The summed E-state index contributed by atoms with van der Waals surface area (Å²) in [5, 5.41) is 12.5. The highest BCUT2D eigenvalue weighted by molar-refractivity contribution is 7.98. The second-order valence-corrected chi connectivity index (χ2v) is 4.30. The number of rotatable bonds is 6. The Labute approximate surface area is 99.9 Å². The Kier molecular flexibility index (Phi) is 4.99. The summed E-state index contributed by atoms with van der Waals surface area (Å²) >= 11 is 2.48. The van der Waals surface area contributed by atoms with Crippen molar-refractivity contribution in [2.24, 2.45) is 5.16 Å². The number of hydrogen-bond acceptors (Lipinski definition) is 8. The van der Waals surface area contributed by atoms with E-state index in [2.05, 4.69) is 14.5 Å². The maximum Gasteiger partial charge on any atom is 0.362 e. The van der Waals surface area contributed by atoms with Gasteiger partial charge < -0.3 is 15.7 Å². The van der Waals surface area contributed by atoms with Crippen LogP contribution in [0.25, 0.3) is 0 Å².